The predicted octanol–water partition coefficient (Wildman–Crippen LogP) is 2.04. The van der Waals surface area contributed by atoms with E-state index < -0.39 is 0 Å². The molecule has 0 unspecified atom stereocenters. The molecule has 1 N–H and O–H groups in total. The van der Waals surface area contributed by atoms with Gasteiger partial charge in [-0.25, -0.2) is 0 Å². The minimum absolute atomic E-state index is 0.0924. The summed E-state index contributed by atoms with van der Waals surface area (Å²) in [6.45, 7) is 0.608. The molecular formula is C13H12N4O2S. The monoisotopic (exact) mass is 288 g/mol. The summed E-state index contributed by atoms with van der Waals surface area (Å²) >= 11 is 1.15. The number of hydrogen-bond donors (Lipinski definition) is 1. The van der Waals surface area contributed by atoms with Crippen LogP contribution in [0, 0.1) is 0 Å². The van der Waals surface area contributed by atoms with Crippen molar-refractivity contribution in [3.05, 3.63) is 41.8 Å². The SMILES string of the molecule is O=C(NCCCc1cnoc1)c1ccc2nsnc2c1. The lowest BCUT2D eigenvalue weighted by Crippen LogP contribution is -2.24. The molecule has 1 aromatic carbocycles. The minimum Gasteiger partial charge on any atom is -0.364 e. The molecule has 0 radical (unpaired) electrons. The van der Waals surface area contributed by atoms with Gasteiger partial charge in [-0.05, 0) is 31.0 Å². The summed E-state index contributed by atoms with van der Waals surface area (Å²) in [5.41, 5.74) is 3.22. The molecule has 0 spiro atoms. The molecule has 0 saturated carbocycles. The number of carbonyl (C=O) groups excluding carboxylic acids is 1. The fraction of sp³-hybridized carbons (Fsp3) is 0.231. The molecule has 2 heterocycles. The van der Waals surface area contributed by atoms with Crippen molar-refractivity contribution < 1.29 is 9.32 Å². The second kappa shape index (κ2) is 5.79. The van der Waals surface area contributed by atoms with Gasteiger partial charge in [0.1, 0.15) is 17.3 Å². The van der Waals surface area contributed by atoms with E-state index in [4.69, 9.17) is 4.52 Å². The highest BCUT2D eigenvalue weighted by molar-refractivity contribution is 7.00. The quantitative estimate of drug-likeness (QED) is 0.727. The zero-order valence-electron chi connectivity index (χ0n) is 10.6. The second-order valence-corrected chi connectivity index (χ2v) is 4.89. The van der Waals surface area contributed by atoms with Crippen LogP contribution in [0.1, 0.15) is 22.3 Å². The van der Waals surface area contributed by atoms with Crippen molar-refractivity contribution in [1.29, 1.82) is 0 Å². The Balaban J connectivity index is 1.53. The van der Waals surface area contributed by atoms with Crippen LogP contribution >= 0.6 is 11.7 Å². The summed E-state index contributed by atoms with van der Waals surface area (Å²) in [7, 11) is 0. The third-order valence-corrected chi connectivity index (χ3v) is 3.48. The lowest BCUT2D eigenvalue weighted by atomic mass is 10.1. The van der Waals surface area contributed by atoms with E-state index in [9.17, 15) is 4.79 Å². The lowest BCUT2D eigenvalue weighted by Gasteiger charge is -2.04. The average molecular weight is 288 g/mol. The van der Waals surface area contributed by atoms with E-state index in [0.717, 1.165) is 41.2 Å². The van der Waals surface area contributed by atoms with Gasteiger partial charge in [0.05, 0.1) is 17.9 Å². The molecule has 0 aliphatic heterocycles. The summed E-state index contributed by atoms with van der Waals surface area (Å²) in [5.74, 6) is -0.0924. The first-order valence-electron chi connectivity index (χ1n) is 6.22. The van der Waals surface area contributed by atoms with Gasteiger partial charge in [-0.15, -0.1) is 0 Å². The van der Waals surface area contributed by atoms with Gasteiger partial charge < -0.3 is 9.84 Å². The topological polar surface area (TPSA) is 80.9 Å². The zero-order chi connectivity index (χ0) is 13.8. The molecular weight excluding hydrogens is 276 g/mol. The summed E-state index contributed by atoms with van der Waals surface area (Å²) in [6, 6.07) is 5.33. The standard InChI is InChI=1S/C13H12N4O2S/c18-13(14-5-1-2-9-7-15-19-8-9)10-3-4-11-12(6-10)17-20-16-11/h3-4,6-8H,1-2,5H2,(H,14,18). The highest BCUT2D eigenvalue weighted by atomic mass is 32.1. The number of nitrogens with zero attached hydrogens (tertiary/aromatic N) is 3. The Morgan fingerprint density at radius 2 is 2.20 bits per heavy atom. The number of aromatic nitrogens is 3. The number of aryl methyl sites for hydroxylation is 1. The first-order valence-corrected chi connectivity index (χ1v) is 6.95. The van der Waals surface area contributed by atoms with Gasteiger partial charge in [0, 0.05) is 17.7 Å². The normalized spacial score (nSPS) is 10.8. The molecule has 0 aliphatic rings. The molecule has 20 heavy (non-hydrogen) atoms. The van der Waals surface area contributed by atoms with Gasteiger partial charge in [-0.1, -0.05) is 5.16 Å². The summed E-state index contributed by atoms with van der Waals surface area (Å²) in [6.07, 6.45) is 4.97. The van der Waals surface area contributed by atoms with E-state index in [1.165, 1.54) is 0 Å². The molecule has 3 rings (SSSR count). The number of amides is 1. The Morgan fingerprint density at radius 3 is 3.05 bits per heavy atom. The van der Waals surface area contributed by atoms with E-state index in [2.05, 4.69) is 19.2 Å². The van der Waals surface area contributed by atoms with Crippen molar-refractivity contribution in [1.82, 2.24) is 19.2 Å². The number of benzene rings is 1. The van der Waals surface area contributed by atoms with Crippen molar-refractivity contribution in [3.63, 3.8) is 0 Å². The van der Waals surface area contributed by atoms with Crippen LogP contribution in [0.4, 0.5) is 0 Å². The van der Waals surface area contributed by atoms with E-state index in [0.29, 0.717) is 12.1 Å². The number of fused-ring (bicyclic) bond motifs is 1. The molecule has 1 amide bonds. The molecule has 0 aliphatic carbocycles. The Kier molecular flexibility index (Phi) is 3.69. The Labute approximate surface area is 119 Å². The maximum absolute atomic E-state index is 12.0. The van der Waals surface area contributed by atoms with Gasteiger partial charge in [-0.3, -0.25) is 4.79 Å². The first-order chi connectivity index (χ1) is 9.83. The highest BCUT2D eigenvalue weighted by Crippen LogP contribution is 2.13. The van der Waals surface area contributed by atoms with Crippen molar-refractivity contribution >= 4 is 28.7 Å². The Morgan fingerprint density at radius 1 is 1.30 bits per heavy atom. The fourth-order valence-corrected chi connectivity index (χ4v) is 2.39. The van der Waals surface area contributed by atoms with Crippen LogP contribution in [0.5, 0.6) is 0 Å². The van der Waals surface area contributed by atoms with Crippen molar-refractivity contribution in [2.75, 3.05) is 6.54 Å². The first kappa shape index (κ1) is 12.7. The lowest BCUT2D eigenvalue weighted by molar-refractivity contribution is 0.0953. The molecule has 0 fully saturated rings. The molecule has 0 saturated heterocycles. The van der Waals surface area contributed by atoms with Crippen LogP contribution < -0.4 is 5.32 Å². The van der Waals surface area contributed by atoms with Gasteiger partial charge >= 0.3 is 0 Å². The van der Waals surface area contributed by atoms with Crippen LogP contribution in [0.25, 0.3) is 11.0 Å². The van der Waals surface area contributed by atoms with Gasteiger partial charge in [0.25, 0.3) is 5.91 Å². The summed E-state index contributed by atoms with van der Waals surface area (Å²) in [4.78, 5) is 12.0. The summed E-state index contributed by atoms with van der Waals surface area (Å²) < 4.78 is 13.0. The molecule has 7 heteroatoms. The minimum atomic E-state index is -0.0924. The zero-order valence-corrected chi connectivity index (χ0v) is 11.4. The van der Waals surface area contributed by atoms with Crippen LogP contribution in [0.15, 0.2) is 35.2 Å². The molecule has 3 aromatic rings. The maximum atomic E-state index is 12.0. The van der Waals surface area contributed by atoms with Gasteiger partial charge in [0.2, 0.25) is 0 Å². The maximum Gasteiger partial charge on any atom is 0.251 e. The van der Waals surface area contributed by atoms with E-state index in [1.807, 2.05) is 6.07 Å². The average Bonchev–Trinajstić information content (AvgIpc) is 3.13. The predicted molar refractivity (Wildman–Crippen MR) is 74.6 cm³/mol. The van der Waals surface area contributed by atoms with Crippen LogP contribution in [0.2, 0.25) is 0 Å². The number of rotatable bonds is 5. The van der Waals surface area contributed by atoms with Gasteiger partial charge in [-0.2, -0.15) is 8.75 Å². The van der Waals surface area contributed by atoms with E-state index in [-0.39, 0.29) is 5.91 Å². The molecule has 6 nitrogen and oxygen atoms in total. The van der Waals surface area contributed by atoms with Crippen molar-refractivity contribution in [2.24, 2.45) is 0 Å². The van der Waals surface area contributed by atoms with Crippen LogP contribution in [-0.4, -0.2) is 26.4 Å². The molecule has 0 atom stereocenters. The molecule has 102 valence electrons. The summed E-state index contributed by atoms with van der Waals surface area (Å²) in [5, 5.41) is 6.52. The number of carbonyl (C=O) groups is 1. The third-order valence-electron chi connectivity index (χ3n) is 2.93. The van der Waals surface area contributed by atoms with Gasteiger partial charge in [0.15, 0.2) is 0 Å². The van der Waals surface area contributed by atoms with Crippen molar-refractivity contribution in [3.8, 4) is 0 Å². The third kappa shape index (κ3) is 2.83. The Hall–Kier alpha value is -2.28. The van der Waals surface area contributed by atoms with E-state index >= 15 is 0 Å². The Bertz CT molecular complexity index is 708. The van der Waals surface area contributed by atoms with Crippen LogP contribution in [0.3, 0.4) is 0 Å². The highest BCUT2D eigenvalue weighted by Gasteiger charge is 2.07. The van der Waals surface area contributed by atoms with Crippen molar-refractivity contribution in [2.45, 2.75) is 12.8 Å². The van der Waals surface area contributed by atoms with Crippen LogP contribution in [-0.2, 0) is 6.42 Å². The fourth-order valence-electron chi connectivity index (χ4n) is 1.87. The number of hydrogen-bond acceptors (Lipinski definition) is 6. The molecule has 0 bridgehead atoms. The van der Waals surface area contributed by atoms with E-state index in [1.54, 1.807) is 24.6 Å². The second-order valence-electron chi connectivity index (χ2n) is 4.36. The largest absolute Gasteiger partial charge is 0.364 e. The smallest absolute Gasteiger partial charge is 0.251 e. The molecule has 2 aromatic heterocycles. The number of nitrogens with one attached hydrogen (secondary N) is 1.